The molecular weight excluding hydrogens is 304 g/mol. The predicted octanol–water partition coefficient (Wildman–Crippen LogP) is 3.19. The van der Waals surface area contributed by atoms with Crippen LogP contribution >= 0.6 is 0 Å². The van der Waals surface area contributed by atoms with Gasteiger partial charge in [-0.15, -0.1) is 9.80 Å². The highest BCUT2D eigenvalue weighted by Gasteiger charge is 2.26. The van der Waals surface area contributed by atoms with Gasteiger partial charge in [0.15, 0.2) is 0 Å². The maximum absolute atomic E-state index is 3.26. The van der Waals surface area contributed by atoms with Crippen LogP contribution in [-0.2, 0) is 0 Å². The summed E-state index contributed by atoms with van der Waals surface area (Å²) in [4.78, 5) is 4.16. The molecule has 0 fully saturated rings. The zero-order valence-corrected chi connectivity index (χ0v) is 16.3. The molecule has 23 heavy (non-hydrogen) atoms. The molecule has 0 amide bonds. The summed E-state index contributed by atoms with van der Waals surface area (Å²) in [6.45, 7) is 6.67. The molecule has 0 spiro atoms. The second kappa shape index (κ2) is 16.4. The van der Waals surface area contributed by atoms with Crippen LogP contribution in [0.3, 0.4) is 0 Å². The Morgan fingerprint density at radius 1 is 0.652 bits per heavy atom. The number of rotatable bonds is 15. The van der Waals surface area contributed by atoms with Crippen molar-refractivity contribution in [3.05, 3.63) is 19.1 Å². The summed E-state index contributed by atoms with van der Waals surface area (Å²) in [5, 5.41) is 0. The third-order valence-corrected chi connectivity index (χ3v) is 4.51. The monoisotopic (exact) mass is 341 g/mol. The van der Waals surface area contributed by atoms with Crippen LogP contribution in [0.5, 0.6) is 0 Å². The van der Waals surface area contributed by atoms with Crippen molar-refractivity contribution in [2.45, 2.75) is 96.8 Å². The lowest BCUT2D eigenvalue weighted by Crippen LogP contribution is -3.00. The van der Waals surface area contributed by atoms with Gasteiger partial charge in [-0.2, -0.15) is 0 Å². The second-order valence-electron chi connectivity index (χ2n) is 6.80. The number of hydrogen-bond acceptors (Lipinski definition) is 2. The summed E-state index contributed by atoms with van der Waals surface area (Å²) in [7, 11) is 2.03. The molecule has 3 heteroatoms. The molecule has 0 bridgehead atoms. The molecule has 135 valence electrons. The number of unbranched alkanes of at least 4 members (excludes halogenated alkanes) is 13. The van der Waals surface area contributed by atoms with E-state index in [-0.39, 0.29) is 12.4 Å². The molecule has 0 unspecified atom stereocenters. The zero-order valence-electron chi connectivity index (χ0n) is 15.5. The van der Waals surface area contributed by atoms with E-state index >= 15 is 0 Å². The first kappa shape index (κ1) is 22.5. The molecule has 2 nitrogen and oxygen atoms in total. The van der Waals surface area contributed by atoms with Gasteiger partial charge < -0.3 is 12.4 Å². The van der Waals surface area contributed by atoms with Gasteiger partial charge in [0.25, 0.3) is 0 Å². The molecule has 0 N–H and O–H groups in total. The molecule has 0 aromatic rings. The van der Waals surface area contributed by atoms with Crippen molar-refractivity contribution >= 4 is 0 Å². The van der Waals surface area contributed by atoms with Crippen LogP contribution in [0, 0.1) is 6.67 Å². The molecule has 0 saturated heterocycles. The van der Waals surface area contributed by atoms with E-state index in [2.05, 4.69) is 30.9 Å². The Hall–Kier alpha value is -0.500. The van der Waals surface area contributed by atoms with Crippen LogP contribution in [0.15, 0.2) is 12.4 Å². The lowest BCUT2D eigenvalue weighted by atomic mass is 10.0. The molecule has 1 aliphatic heterocycles. The van der Waals surface area contributed by atoms with E-state index in [0.29, 0.717) is 0 Å². The van der Waals surface area contributed by atoms with Crippen LogP contribution in [0.2, 0.25) is 0 Å². The Morgan fingerprint density at radius 2 is 1.09 bits per heavy atom. The topological polar surface area (TPSA) is 6.48 Å². The van der Waals surface area contributed by atoms with Crippen LogP contribution in [0.1, 0.15) is 96.8 Å². The van der Waals surface area contributed by atoms with Crippen molar-refractivity contribution < 1.29 is 12.4 Å². The summed E-state index contributed by atoms with van der Waals surface area (Å²) in [6.07, 6.45) is 24.1. The van der Waals surface area contributed by atoms with Gasteiger partial charge >= 0.3 is 6.67 Å². The third kappa shape index (κ3) is 13.6. The van der Waals surface area contributed by atoms with Crippen molar-refractivity contribution in [1.29, 1.82) is 0 Å². The molecular formula is C20H38ClN2. The zero-order chi connectivity index (χ0) is 15.9. The smallest absolute Gasteiger partial charge is 0.564 e. The maximum Gasteiger partial charge on any atom is 0.564 e. The average molecular weight is 342 g/mol. The Kier molecular flexibility index (Phi) is 16.0. The normalized spacial score (nSPS) is 13.3. The van der Waals surface area contributed by atoms with Crippen LogP contribution in [0.25, 0.3) is 0 Å². The van der Waals surface area contributed by atoms with E-state index in [0.717, 1.165) is 6.54 Å². The molecule has 0 atom stereocenters. The van der Waals surface area contributed by atoms with Crippen molar-refractivity contribution in [2.75, 3.05) is 13.6 Å². The van der Waals surface area contributed by atoms with E-state index in [1.165, 1.54) is 89.9 Å². The summed E-state index contributed by atoms with van der Waals surface area (Å²) >= 11 is 0. The maximum atomic E-state index is 3.26. The van der Waals surface area contributed by atoms with Gasteiger partial charge in [0.05, 0.1) is 26.0 Å². The highest BCUT2D eigenvalue weighted by Crippen LogP contribution is 2.14. The first-order valence-corrected chi connectivity index (χ1v) is 9.77. The molecule has 1 aliphatic rings. The second-order valence-corrected chi connectivity index (χ2v) is 6.80. The fourth-order valence-electron chi connectivity index (χ4n) is 3.05. The number of nitrogens with zero attached hydrogens (tertiary/aromatic N) is 2. The van der Waals surface area contributed by atoms with Gasteiger partial charge in [0, 0.05) is 0 Å². The highest BCUT2D eigenvalue weighted by molar-refractivity contribution is 4.94. The van der Waals surface area contributed by atoms with E-state index in [1.807, 2.05) is 11.9 Å². The van der Waals surface area contributed by atoms with Crippen molar-refractivity contribution in [2.24, 2.45) is 0 Å². The summed E-state index contributed by atoms with van der Waals surface area (Å²) in [6, 6.07) is 0. The van der Waals surface area contributed by atoms with Crippen LogP contribution < -0.4 is 12.4 Å². The molecule has 0 saturated carbocycles. The molecule has 1 rings (SSSR count). The molecule has 1 heterocycles. The molecule has 1 radical (unpaired) electrons. The summed E-state index contributed by atoms with van der Waals surface area (Å²) < 4.78 is 0. The van der Waals surface area contributed by atoms with E-state index < -0.39 is 0 Å². The van der Waals surface area contributed by atoms with Crippen LogP contribution in [0.4, 0.5) is 0 Å². The first-order valence-electron chi connectivity index (χ1n) is 9.77. The standard InChI is InChI=1S/C20H38N2.ClH/c1-3-4-5-6-7-8-9-10-11-12-13-14-15-16-17-22-19-18-21(2)20-22;/h18-19H,3-17H2,1-2H3;1H/q+1;/p-1. The fraction of sp³-hybridized carbons (Fsp3) is 0.850. The Labute approximate surface area is 152 Å². The van der Waals surface area contributed by atoms with Gasteiger partial charge in [-0.1, -0.05) is 90.4 Å². The van der Waals surface area contributed by atoms with E-state index in [9.17, 15) is 0 Å². The van der Waals surface area contributed by atoms with Gasteiger partial charge in [0.1, 0.15) is 0 Å². The molecule has 0 aromatic carbocycles. The number of hydrogen-bond donors (Lipinski definition) is 0. The number of halogens is 1. The van der Waals surface area contributed by atoms with Gasteiger partial charge in [-0.05, 0) is 6.42 Å². The summed E-state index contributed by atoms with van der Waals surface area (Å²) in [5.74, 6) is 0. The minimum absolute atomic E-state index is 0. The highest BCUT2D eigenvalue weighted by atomic mass is 35.5. The van der Waals surface area contributed by atoms with E-state index in [4.69, 9.17) is 0 Å². The third-order valence-electron chi connectivity index (χ3n) is 4.51. The Bertz CT molecular complexity index is 268. The quantitative estimate of drug-likeness (QED) is 0.333. The van der Waals surface area contributed by atoms with Gasteiger partial charge in [0.2, 0.25) is 0 Å². The first-order chi connectivity index (χ1) is 10.8. The Balaban J connectivity index is 0.00000484. The SMILES string of the molecule is CCCCCCCCCCCCCCCCN1[C+]N(C)C=C1.[Cl-]. The average Bonchev–Trinajstić information content (AvgIpc) is 2.93. The minimum Gasteiger partial charge on any atom is -1.00 e. The predicted molar refractivity (Wildman–Crippen MR) is 97.2 cm³/mol. The van der Waals surface area contributed by atoms with Crippen LogP contribution in [-0.4, -0.2) is 23.4 Å². The van der Waals surface area contributed by atoms with Gasteiger partial charge in [-0.3, -0.25) is 0 Å². The molecule has 0 aliphatic carbocycles. The minimum atomic E-state index is 0. The Morgan fingerprint density at radius 3 is 1.48 bits per heavy atom. The van der Waals surface area contributed by atoms with Crippen molar-refractivity contribution in [1.82, 2.24) is 9.80 Å². The van der Waals surface area contributed by atoms with Gasteiger partial charge in [-0.25, -0.2) is 0 Å². The van der Waals surface area contributed by atoms with E-state index in [1.54, 1.807) is 0 Å². The van der Waals surface area contributed by atoms with Crippen molar-refractivity contribution in [3.63, 3.8) is 0 Å². The fourth-order valence-corrected chi connectivity index (χ4v) is 3.05. The van der Waals surface area contributed by atoms with Crippen molar-refractivity contribution in [3.8, 4) is 0 Å². The lowest BCUT2D eigenvalue weighted by molar-refractivity contribution is -0.00000486. The largest absolute Gasteiger partial charge is 1.00 e. The molecule has 0 aromatic heterocycles. The summed E-state index contributed by atoms with van der Waals surface area (Å²) in [5.41, 5.74) is 0. The lowest BCUT2D eigenvalue weighted by Gasteiger charge is -2.04.